The number of hydrogen-bond acceptors (Lipinski definition) is 6. The summed E-state index contributed by atoms with van der Waals surface area (Å²) in [6.45, 7) is 5.15. The molecule has 0 spiro atoms. The normalized spacial score (nSPS) is 23.1. The maximum Gasteiger partial charge on any atom is 0.225 e. The van der Waals surface area contributed by atoms with Crippen molar-refractivity contribution in [2.24, 2.45) is 5.92 Å². The van der Waals surface area contributed by atoms with Crippen molar-refractivity contribution >= 4 is 11.8 Å². The molecule has 1 N–H and O–H groups in total. The number of nitrogens with one attached hydrogen (secondary N) is 1. The number of carbonyl (C=O) groups excluding carboxylic acids is 2. The molecular weight excluding hydrogens is 434 g/mol. The van der Waals surface area contributed by atoms with Crippen molar-refractivity contribution in [3.63, 3.8) is 0 Å². The molecular formula is C26H39N3O5. The van der Waals surface area contributed by atoms with Crippen molar-refractivity contribution in [1.29, 1.82) is 0 Å². The number of carbonyl (C=O) groups is 2. The molecule has 0 radical (unpaired) electrons. The number of likely N-dealkylation sites (tertiary alicyclic amines) is 1. The maximum atomic E-state index is 13.1. The third kappa shape index (κ3) is 5.66. The third-order valence-electron chi connectivity index (χ3n) is 7.76. The first kappa shape index (κ1) is 24.8. The van der Waals surface area contributed by atoms with Gasteiger partial charge in [0.1, 0.15) is 0 Å². The van der Waals surface area contributed by atoms with Gasteiger partial charge in [-0.2, -0.15) is 0 Å². The SMILES string of the molecule is COc1ccc(CCN2C[C@@H](C(=O)NCC3(N4CCOCC4)CCCCC3)CC2=O)cc1OC. The van der Waals surface area contributed by atoms with E-state index in [-0.39, 0.29) is 23.3 Å². The Kier molecular flexibility index (Phi) is 8.32. The minimum Gasteiger partial charge on any atom is -0.493 e. The fraction of sp³-hybridized carbons (Fsp3) is 0.692. The third-order valence-corrected chi connectivity index (χ3v) is 7.76. The number of amides is 2. The number of benzene rings is 1. The van der Waals surface area contributed by atoms with Crippen molar-refractivity contribution in [1.82, 2.24) is 15.1 Å². The van der Waals surface area contributed by atoms with Gasteiger partial charge in [0.2, 0.25) is 11.8 Å². The zero-order valence-electron chi connectivity index (χ0n) is 20.6. The minimum atomic E-state index is -0.275. The standard InChI is InChI=1S/C26H39N3O5/c1-32-22-7-6-20(16-23(22)33-2)8-11-28-18-21(17-24(28)30)25(31)27-19-26(9-4-3-5-10-26)29-12-14-34-15-13-29/h6-7,16,21H,3-5,8-15,17-19H2,1-2H3,(H,27,31)/t21-/m0/s1. The molecule has 0 unspecified atom stereocenters. The topological polar surface area (TPSA) is 80.3 Å². The minimum absolute atomic E-state index is 0.0141. The van der Waals surface area contributed by atoms with Crippen LogP contribution in [0, 0.1) is 5.92 Å². The van der Waals surface area contributed by atoms with Crippen molar-refractivity contribution in [2.75, 3.05) is 60.2 Å². The van der Waals surface area contributed by atoms with E-state index in [4.69, 9.17) is 14.2 Å². The Labute approximate surface area is 202 Å². The van der Waals surface area contributed by atoms with Crippen molar-refractivity contribution in [3.8, 4) is 11.5 Å². The first-order chi connectivity index (χ1) is 16.5. The van der Waals surface area contributed by atoms with Crippen LogP contribution in [-0.2, 0) is 20.7 Å². The lowest BCUT2D eigenvalue weighted by atomic mass is 9.79. The monoisotopic (exact) mass is 473 g/mol. The summed E-state index contributed by atoms with van der Waals surface area (Å²) in [6, 6.07) is 5.81. The molecule has 2 aliphatic heterocycles. The molecule has 0 aromatic heterocycles. The fourth-order valence-electron chi connectivity index (χ4n) is 5.71. The molecule has 1 aliphatic carbocycles. The predicted octanol–water partition coefficient (Wildman–Crippen LogP) is 2.25. The molecule has 2 saturated heterocycles. The van der Waals surface area contributed by atoms with Crippen molar-refractivity contribution in [3.05, 3.63) is 23.8 Å². The summed E-state index contributed by atoms with van der Waals surface area (Å²) in [5.41, 5.74) is 1.11. The van der Waals surface area contributed by atoms with E-state index < -0.39 is 0 Å². The van der Waals surface area contributed by atoms with Crippen LogP contribution in [0.2, 0.25) is 0 Å². The Bertz CT molecular complexity index is 849. The van der Waals surface area contributed by atoms with Crippen LogP contribution in [0.25, 0.3) is 0 Å². The molecule has 8 nitrogen and oxygen atoms in total. The van der Waals surface area contributed by atoms with Gasteiger partial charge in [0.25, 0.3) is 0 Å². The Morgan fingerprint density at radius 1 is 1.12 bits per heavy atom. The van der Waals surface area contributed by atoms with Gasteiger partial charge in [0.15, 0.2) is 11.5 Å². The summed E-state index contributed by atoms with van der Waals surface area (Å²) >= 11 is 0. The molecule has 4 rings (SSSR count). The summed E-state index contributed by atoms with van der Waals surface area (Å²) in [6.07, 6.45) is 6.93. The summed E-state index contributed by atoms with van der Waals surface area (Å²) in [7, 11) is 3.23. The van der Waals surface area contributed by atoms with E-state index in [0.717, 1.165) is 44.7 Å². The number of ether oxygens (including phenoxy) is 3. The van der Waals surface area contributed by atoms with Gasteiger partial charge in [0, 0.05) is 44.7 Å². The number of morpholine rings is 1. The Morgan fingerprint density at radius 3 is 2.56 bits per heavy atom. The van der Waals surface area contributed by atoms with E-state index in [2.05, 4.69) is 10.2 Å². The fourth-order valence-corrected chi connectivity index (χ4v) is 5.71. The second-order valence-electron chi connectivity index (χ2n) is 9.78. The second-order valence-corrected chi connectivity index (χ2v) is 9.78. The average molecular weight is 474 g/mol. The average Bonchev–Trinajstić information content (AvgIpc) is 3.27. The highest BCUT2D eigenvalue weighted by Crippen LogP contribution is 2.34. The second kappa shape index (κ2) is 11.4. The molecule has 1 atom stereocenters. The van der Waals surface area contributed by atoms with E-state index in [1.54, 1.807) is 14.2 Å². The number of rotatable bonds is 9. The van der Waals surface area contributed by atoms with Crippen LogP contribution < -0.4 is 14.8 Å². The lowest BCUT2D eigenvalue weighted by molar-refractivity contribution is -0.129. The van der Waals surface area contributed by atoms with Gasteiger partial charge in [-0.1, -0.05) is 25.3 Å². The van der Waals surface area contributed by atoms with E-state index in [1.165, 1.54) is 19.3 Å². The molecule has 3 fully saturated rings. The van der Waals surface area contributed by atoms with E-state index >= 15 is 0 Å². The highest BCUT2D eigenvalue weighted by molar-refractivity contribution is 5.89. The van der Waals surface area contributed by atoms with Gasteiger partial charge in [0.05, 0.1) is 33.4 Å². The lowest BCUT2D eigenvalue weighted by Crippen LogP contribution is -2.60. The number of methoxy groups -OCH3 is 2. The molecule has 34 heavy (non-hydrogen) atoms. The van der Waals surface area contributed by atoms with Gasteiger partial charge >= 0.3 is 0 Å². The molecule has 188 valence electrons. The van der Waals surface area contributed by atoms with E-state index in [0.29, 0.717) is 44.0 Å². The quantitative estimate of drug-likeness (QED) is 0.593. The van der Waals surface area contributed by atoms with Crippen LogP contribution in [0.4, 0.5) is 0 Å². The summed E-state index contributed by atoms with van der Waals surface area (Å²) in [5.74, 6) is 1.17. The Morgan fingerprint density at radius 2 is 1.85 bits per heavy atom. The summed E-state index contributed by atoms with van der Waals surface area (Å²) < 4.78 is 16.2. The van der Waals surface area contributed by atoms with Crippen molar-refractivity contribution in [2.45, 2.75) is 50.5 Å². The molecule has 3 aliphatic rings. The van der Waals surface area contributed by atoms with Gasteiger partial charge < -0.3 is 24.4 Å². The van der Waals surface area contributed by atoms with Crippen LogP contribution in [0.1, 0.15) is 44.1 Å². The van der Waals surface area contributed by atoms with Crippen LogP contribution in [0.3, 0.4) is 0 Å². The molecule has 0 bridgehead atoms. The zero-order valence-corrected chi connectivity index (χ0v) is 20.6. The Balaban J connectivity index is 1.30. The molecule has 2 amide bonds. The lowest BCUT2D eigenvalue weighted by Gasteiger charge is -2.48. The summed E-state index contributed by atoms with van der Waals surface area (Å²) in [4.78, 5) is 30.0. The predicted molar refractivity (Wildman–Crippen MR) is 129 cm³/mol. The van der Waals surface area contributed by atoms with Gasteiger partial charge in [-0.3, -0.25) is 14.5 Å². The number of hydrogen-bond donors (Lipinski definition) is 1. The first-order valence-electron chi connectivity index (χ1n) is 12.6. The summed E-state index contributed by atoms with van der Waals surface area (Å²) in [5, 5.41) is 3.24. The van der Waals surface area contributed by atoms with Crippen LogP contribution >= 0.6 is 0 Å². The number of nitrogens with zero attached hydrogens (tertiary/aromatic N) is 2. The molecule has 1 aromatic rings. The molecule has 1 saturated carbocycles. The van der Waals surface area contributed by atoms with Crippen LogP contribution in [0.15, 0.2) is 18.2 Å². The molecule has 8 heteroatoms. The zero-order chi connectivity index (χ0) is 24.0. The smallest absolute Gasteiger partial charge is 0.225 e. The van der Waals surface area contributed by atoms with E-state index in [9.17, 15) is 9.59 Å². The van der Waals surface area contributed by atoms with Gasteiger partial charge in [-0.15, -0.1) is 0 Å². The largest absolute Gasteiger partial charge is 0.493 e. The highest BCUT2D eigenvalue weighted by atomic mass is 16.5. The van der Waals surface area contributed by atoms with Crippen molar-refractivity contribution < 1.29 is 23.8 Å². The Hall–Kier alpha value is -2.32. The maximum absolute atomic E-state index is 13.1. The molecule has 2 heterocycles. The van der Waals surface area contributed by atoms with E-state index in [1.807, 2.05) is 23.1 Å². The van der Waals surface area contributed by atoms with Crippen LogP contribution in [-0.4, -0.2) is 87.3 Å². The van der Waals surface area contributed by atoms with Crippen LogP contribution in [0.5, 0.6) is 11.5 Å². The highest BCUT2D eigenvalue weighted by Gasteiger charge is 2.40. The first-order valence-corrected chi connectivity index (χ1v) is 12.6. The van der Waals surface area contributed by atoms with Gasteiger partial charge in [-0.25, -0.2) is 0 Å². The molecule has 1 aromatic carbocycles. The van der Waals surface area contributed by atoms with Gasteiger partial charge in [-0.05, 0) is 37.0 Å².